The largest absolute Gasteiger partial charge is 0.293 e. The molecule has 106 valence electrons. The van der Waals surface area contributed by atoms with Crippen LogP contribution in [-0.4, -0.2) is 31.4 Å². The van der Waals surface area contributed by atoms with Crippen molar-refractivity contribution in [2.45, 2.75) is 24.3 Å². The average molecular weight is 292 g/mol. The van der Waals surface area contributed by atoms with Crippen molar-refractivity contribution in [2.75, 3.05) is 0 Å². The second-order valence-electron chi connectivity index (χ2n) is 4.50. The molecule has 1 heterocycles. The van der Waals surface area contributed by atoms with Crippen molar-refractivity contribution in [3.63, 3.8) is 0 Å². The number of nitrogens with one attached hydrogen (secondary N) is 1. The van der Waals surface area contributed by atoms with E-state index in [4.69, 9.17) is 5.84 Å². The van der Waals surface area contributed by atoms with Gasteiger partial charge in [0.15, 0.2) is 0 Å². The van der Waals surface area contributed by atoms with Crippen LogP contribution in [0.1, 0.15) is 13.8 Å². The molecule has 1 aromatic heterocycles. The van der Waals surface area contributed by atoms with Crippen LogP contribution in [0.5, 0.6) is 0 Å². The molecule has 0 spiro atoms. The lowest BCUT2D eigenvalue weighted by Gasteiger charge is -2.17. The van der Waals surface area contributed by atoms with Gasteiger partial charge in [-0.2, -0.15) is 4.68 Å². The normalized spacial score (nSPS) is 12.4. The first kappa shape index (κ1) is 14.5. The van der Waals surface area contributed by atoms with Gasteiger partial charge in [0.2, 0.25) is 11.1 Å². The van der Waals surface area contributed by atoms with E-state index in [2.05, 4.69) is 21.0 Å². The van der Waals surface area contributed by atoms with Crippen LogP contribution < -0.4 is 11.3 Å². The van der Waals surface area contributed by atoms with Gasteiger partial charge in [0.25, 0.3) is 0 Å². The summed E-state index contributed by atoms with van der Waals surface area (Å²) in [6, 6.07) is 9.51. The topological polar surface area (TPSA) is 98.7 Å². The Bertz CT molecular complexity index is 570. The predicted molar refractivity (Wildman–Crippen MR) is 76.0 cm³/mol. The molecule has 2 rings (SSSR count). The van der Waals surface area contributed by atoms with Gasteiger partial charge in [-0.25, -0.2) is 5.84 Å². The third kappa shape index (κ3) is 3.14. The van der Waals surface area contributed by atoms with Crippen LogP contribution in [0.2, 0.25) is 0 Å². The number of amides is 1. The van der Waals surface area contributed by atoms with Crippen LogP contribution in [0.15, 0.2) is 35.5 Å². The van der Waals surface area contributed by atoms with E-state index >= 15 is 0 Å². The Balaban J connectivity index is 2.26. The number of nitrogens with zero attached hydrogens (tertiary/aromatic N) is 4. The summed E-state index contributed by atoms with van der Waals surface area (Å²) in [5.74, 6) is 5.08. The fourth-order valence-electron chi connectivity index (χ4n) is 1.67. The van der Waals surface area contributed by atoms with E-state index in [0.717, 1.165) is 5.69 Å². The highest BCUT2D eigenvalue weighted by molar-refractivity contribution is 8.00. The minimum absolute atomic E-state index is 0.101. The van der Waals surface area contributed by atoms with Gasteiger partial charge in [-0.3, -0.25) is 10.2 Å². The number of carbonyl (C=O) groups is 1. The minimum Gasteiger partial charge on any atom is -0.293 e. The molecule has 2 aromatic rings. The van der Waals surface area contributed by atoms with Gasteiger partial charge >= 0.3 is 0 Å². The summed E-state index contributed by atoms with van der Waals surface area (Å²) in [4.78, 5) is 11.8. The van der Waals surface area contributed by atoms with Crippen LogP contribution in [0, 0.1) is 5.92 Å². The van der Waals surface area contributed by atoms with Crippen molar-refractivity contribution in [1.29, 1.82) is 0 Å². The van der Waals surface area contributed by atoms with Crippen molar-refractivity contribution in [1.82, 2.24) is 25.6 Å². The molecular formula is C12H16N6OS. The molecule has 0 saturated heterocycles. The van der Waals surface area contributed by atoms with Crippen molar-refractivity contribution in [3.05, 3.63) is 30.3 Å². The lowest BCUT2D eigenvalue weighted by atomic mass is 10.1. The maximum Gasteiger partial charge on any atom is 0.247 e. The van der Waals surface area contributed by atoms with Gasteiger partial charge in [-0.05, 0) is 28.5 Å². The Morgan fingerprint density at radius 1 is 1.35 bits per heavy atom. The number of nitrogens with two attached hydrogens (primary N) is 1. The summed E-state index contributed by atoms with van der Waals surface area (Å²) >= 11 is 1.29. The number of thioether (sulfide) groups is 1. The molecule has 0 radical (unpaired) electrons. The lowest BCUT2D eigenvalue weighted by Crippen LogP contribution is -2.40. The summed E-state index contributed by atoms with van der Waals surface area (Å²) in [7, 11) is 0. The quantitative estimate of drug-likeness (QED) is 0.365. The molecule has 0 aliphatic carbocycles. The Kier molecular flexibility index (Phi) is 4.70. The summed E-state index contributed by atoms with van der Waals surface area (Å²) in [6.45, 7) is 3.90. The molecular weight excluding hydrogens is 276 g/mol. The average Bonchev–Trinajstić information content (AvgIpc) is 2.92. The number of benzene rings is 1. The number of hydrogen-bond donors (Lipinski definition) is 2. The van der Waals surface area contributed by atoms with Gasteiger partial charge in [-0.15, -0.1) is 5.10 Å². The Morgan fingerprint density at radius 2 is 2.05 bits per heavy atom. The van der Waals surface area contributed by atoms with E-state index in [1.165, 1.54) is 11.8 Å². The van der Waals surface area contributed by atoms with Crippen molar-refractivity contribution in [3.8, 4) is 5.69 Å². The smallest absolute Gasteiger partial charge is 0.247 e. The van der Waals surface area contributed by atoms with Crippen LogP contribution in [-0.2, 0) is 4.79 Å². The Hall–Kier alpha value is -1.93. The number of hydrogen-bond acceptors (Lipinski definition) is 6. The molecule has 1 unspecified atom stereocenters. The first-order chi connectivity index (χ1) is 9.63. The zero-order chi connectivity index (χ0) is 14.5. The van der Waals surface area contributed by atoms with Crippen LogP contribution in [0.3, 0.4) is 0 Å². The molecule has 0 bridgehead atoms. The molecule has 1 aromatic carbocycles. The second-order valence-corrected chi connectivity index (χ2v) is 5.61. The number of tetrazole rings is 1. The molecule has 1 amide bonds. The number of carbonyl (C=O) groups excluding carboxylic acids is 1. The molecule has 1 atom stereocenters. The summed E-state index contributed by atoms with van der Waals surface area (Å²) in [6.07, 6.45) is 0. The zero-order valence-electron chi connectivity index (χ0n) is 11.2. The molecule has 20 heavy (non-hydrogen) atoms. The number of rotatable bonds is 5. The zero-order valence-corrected chi connectivity index (χ0v) is 12.0. The first-order valence-corrected chi connectivity index (χ1v) is 7.02. The maximum atomic E-state index is 11.8. The lowest BCUT2D eigenvalue weighted by molar-refractivity contribution is -0.121. The van der Waals surface area contributed by atoms with Crippen molar-refractivity contribution < 1.29 is 4.79 Å². The standard InChI is InChI=1S/C12H16N6OS/c1-8(2)10(11(19)14-13)20-12-15-16-17-18(12)9-6-4-3-5-7-9/h3-8,10H,13H2,1-2H3,(H,14,19). The van der Waals surface area contributed by atoms with Gasteiger partial charge in [0.05, 0.1) is 10.9 Å². The highest BCUT2D eigenvalue weighted by Crippen LogP contribution is 2.27. The van der Waals surface area contributed by atoms with E-state index in [1.807, 2.05) is 44.2 Å². The van der Waals surface area contributed by atoms with E-state index in [0.29, 0.717) is 5.16 Å². The molecule has 3 N–H and O–H groups in total. The fraction of sp³-hybridized carbons (Fsp3) is 0.333. The van der Waals surface area contributed by atoms with Crippen LogP contribution in [0.4, 0.5) is 0 Å². The number of para-hydroxylation sites is 1. The molecule has 0 saturated carbocycles. The SMILES string of the molecule is CC(C)C(Sc1nnnn1-c1ccccc1)C(=O)NN. The highest BCUT2D eigenvalue weighted by atomic mass is 32.2. The van der Waals surface area contributed by atoms with Gasteiger partial charge in [-0.1, -0.05) is 43.8 Å². The molecule has 0 aliphatic rings. The van der Waals surface area contributed by atoms with Gasteiger partial charge in [0, 0.05) is 0 Å². The van der Waals surface area contributed by atoms with Gasteiger partial charge in [0.1, 0.15) is 0 Å². The molecule has 0 aliphatic heterocycles. The maximum absolute atomic E-state index is 11.8. The molecule has 0 fully saturated rings. The predicted octanol–water partition coefficient (Wildman–Crippen LogP) is 0.769. The monoisotopic (exact) mass is 292 g/mol. The second kappa shape index (κ2) is 6.49. The fourth-order valence-corrected chi connectivity index (χ4v) is 2.67. The Labute approximate surface area is 120 Å². The van der Waals surface area contributed by atoms with Crippen molar-refractivity contribution >= 4 is 17.7 Å². The van der Waals surface area contributed by atoms with Crippen LogP contribution >= 0.6 is 11.8 Å². The van der Waals surface area contributed by atoms with E-state index in [1.54, 1.807) is 4.68 Å². The van der Waals surface area contributed by atoms with E-state index < -0.39 is 0 Å². The molecule has 8 heteroatoms. The van der Waals surface area contributed by atoms with Crippen LogP contribution in [0.25, 0.3) is 5.69 Å². The summed E-state index contributed by atoms with van der Waals surface area (Å²) in [5.41, 5.74) is 3.02. The number of hydrazine groups is 1. The minimum atomic E-state index is -0.353. The molecule has 7 nitrogen and oxygen atoms in total. The third-order valence-electron chi connectivity index (χ3n) is 2.68. The number of aromatic nitrogens is 4. The van der Waals surface area contributed by atoms with E-state index in [9.17, 15) is 4.79 Å². The van der Waals surface area contributed by atoms with Gasteiger partial charge < -0.3 is 0 Å². The first-order valence-electron chi connectivity index (χ1n) is 6.14. The Morgan fingerprint density at radius 3 is 2.65 bits per heavy atom. The van der Waals surface area contributed by atoms with E-state index in [-0.39, 0.29) is 17.1 Å². The highest BCUT2D eigenvalue weighted by Gasteiger charge is 2.25. The summed E-state index contributed by atoms with van der Waals surface area (Å²) in [5, 5.41) is 11.8. The summed E-state index contributed by atoms with van der Waals surface area (Å²) < 4.78 is 1.60. The van der Waals surface area contributed by atoms with Crippen molar-refractivity contribution in [2.24, 2.45) is 11.8 Å². The third-order valence-corrected chi connectivity index (χ3v) is 4.16.